The monoisotopic (exact) mass is 360 g/mol. The van der Waals surface area contributed by atoms with Crippen LogP contribution in [0.15, 0.2) is 21.7 Å². The highest BCUT2D eigenvalue weighted by Gasteiger charge is 2.26. The van der Waals surface area contributed by atoms with Crippen LogP contribution in [0, 0.1) is 6.92 Å². The largest absolute Gasteiger partial charge is 0.480 e. The summed E-state index contributed by atoms with van der Waals surface area (Å²) in [4.78, 5) is 16.2. The van der Waals surface area contributed by atoms with Crippen molar-refractivity contribution in [3.63, 3.8) is 0 Å². The van der Waals surface area contributed by atoms with E-state index in [2.05, 4.69) is 9.71 Å². The molecule has 0 aromatic carbocycles. The van der Waals surface area contributed by atoms with Crippen molar-refractivity contribution in [3.05, 3.63) is 22.5 Å². The Morgan fingerprint density at radius 3 is 2.73 bits per heavy atom. The fourth-order valence-corrected chi connectivity index (χ4v) is 5.04. The Bertz CT molecular complexity index is 764. The Balaban J connectivity index is 2.23. The van der Waals surface area contributed by atoms with E-state index in [1.54, 1.807) is 13.0 Å². The van der Waals surface area contributed by atoms with Crippen molar-refractivity contribution in [1.29, 1.82) is 0 Å². The zero-order chi connectivity index (χ0) is 16.3. The first kappa shape index (κ1) is 17.1. The zero-order valence-electron chi connectivity index (χ0n) is 12.1. The number of nitrogens with zero attached hydrogens (tertiary/aromatic N) is 1. The molecule has 2 rings (SSSR count). The van der Waals surface area contributed by atoms with E-state index in [0.717, 1.165) is 26.9 Å². The lowest BCUT2D eigenvalue weighted by Gasteiger charge is -2.12. The number of aryl methyl sites for hydroxylation is 1. The maximum absolute atomic E-state index is 12.3. The minimum absolute atomic E-state index is 0.0931. The van der Waals surface area contributed by atoms with Gasteiger partial charge in [0, 0.05) is 5.38 Å². The van der Waals surface area contributed by atoms with Crippen LogP contribution in [0.2, 0.25) is 0 Å². The Labute approximate surface area is 136 Å². The first-order valence-corrected chi connectivity index (χ1v) is 9.79. The van der Waals surface area contributed by atoms with Crippen molar-refractivity contribution in [2.75, 3.05) is 0 Å². The second-order valence-electron chi connectivity index (χ2n) is 4.67. The van der Waals surface area contributed by atoms with Gasteiger partial charge in [-0.15, -0.1) is 22.7 Å². The van der Waals surface area contributed by atoms with Gasteiger partial charge in [-0.1, -0.05) is 13.3 Å². The van der Waals surface area contributed by atoms with Crippen LogP contribution in [0.25, 0.3) is 10.6 Å². The van der Waals surface area contributed by atoms with Gasteiger partial charge in [0.1, 0.15) is 10.3 Å². The quantitative estimate of drug-likeness (QED) is 0.791. The molecule has 2 N–H and O–H groups in total. The van der Waals surface area contributed by atoms with Gasteiger partial charge in [-0.3, -0.25) is 4.79 Å². The lowest BCUT2D eigenvalue weighted by Crippen LogP contribution is -2.40. The third-order valence-corrected chi connectivity index (χ3v) is 6.74. The van der Waals surface area contributed by atoms with Crippen molar-refractivity contribution >= 4 is 38.7 Å². The van der Waals surface area contributed by atoms with Crippen LogP contribution >= 0.6 is 22.7 Å². The molecule has 120 valence electrons. The van der Waals surface area contributed by atoms with Crippen molar-refractivity contribution in [3.8, 4) is 10.6 Å². The van der Waals surface area contributed by atoms with E-state index in [1.807, 2.05) is 12.3 Å². The fraction of sp³-hybridized carbons (Fsp3) is 0.385. The number of thiazole rings is 1. The summed E-state index contributed by atoms with van der Waals surface area (Å²) in [7, 11) is -3.84. The van der Waals surface area contributed by atoms with Crippen LogP contribution in [-0.4, -0.2) is 30.5 Å². The van der Waals surface area contributed by atoms with Crippen molar-refractivity contribution in [1.82, 2.24) is 9.71 Å². The van der Waals surface area contributed by atoms with Crippen molar-refractivity contribution in [2.24, 2.45) is 0 Å². The van der Waals surface area contributed by atoms with Gasteiger partial charge in [-0.25, -0.2) is 13.4 Å². The fourth-order valence-electron chi connectivity index (χ4n) is 1.85. The number of aromatic nitrogens is 1. The number of carboxylic acids is 1. The van der Waals surface area contributed by atoms with E-state index in [4.69, 9.17) is 5.11 Å². The van der Waals surface area contributed by atoms with E-state index >= 15 is 0 Å². The summed E-state index contributed by atoms with van der Waals surface area (Å²) in [5.41, 5.74) is 0.734. The molecule has 0 spiro atoms. The standard InChI is InChI=1S/C13H16N2O4S3/c1-3-4-9(13(16)17)15-22(18,19)12-6-5-11(21-12)10-7-20-8(2)14-10/h5-7,9,15H,3-4H2,1-2H3,(H,16,17). The lowest BCUT2D eigenvalue weighted by atomic mass is 10.2. The number of hydrogen-bond donors (Lipinski definition) is 2. The van der Waals surface area contributed by atoms with Gasteiger partial charge in [0.05, 0.1) is 15.6 Å². The highest BCUT2D eigenvalue weighted by atomic mass is 32.2. The molecule has 0 amide bonds. The third kappa shape index (κ3) is 3.92. The second kappa shape index (κ2) is 6.86. The summed E-state index contributed by atoms with van der Waals surface area (Å²) in [6, 6.07) is 2.05. The molecule has 0 radical (unpaired) electrons. The topological polar surface area (TPSA) is 96.4 Å². The van der Waals surface area contributed by atoms with Gasteiger partial charge >= 0.3 is 5.97 Å². The summed E-state index contributed by atoms with van der Waals surface area (Å²) < 4.78 is 26.9. The molecule has 1 atom stereocenters. The van der Waals surface area contributed by atoms with Crippen LogP contribution in [0.1, 0.15) is 24.8 Å². The molecule has 0 aliphatic heterocycles. The minimum atomic E-state index is -3.84. The summed E-state index contributed by atoms with van der Waals surface area (Å²) in [5.74, 6) is -1.17. The highest BCUT2D eigenvalue weighted by Crippen LogP contribution is 2.31. The average Bonchev–Trinajstić information content (AvgIpc) is 3.06. The van der Waals surface area contributed by atoms with Gasteiger partial charge in [0.15, 0.2) is 0 Å². The Hall–Kier alpha value is -1.29. The summed E-state index contributed by atoms with van der Waals surface area (Å²) >= 11 is 2.57. The maximum Gasteiger partial charge on any atom is 0.321 e. The maximum atomic E-state index is 12.3. The molecule has 0 bridgehead atoms. The molecule has 0 aliphatic carbocycles. The number of sulfonamides is 1. The zero-order valence-corrected chi connectivity index (χ0v) is 14.5. The summed E-state index contributed by atoms with van der Waals surface area (Å²) in [6.45, 7) is 3.68. The third-order valence-electron chi connectivity index (χ3n) is 2.89. The molecule has 2 aromatic heterocycles. The van der Waals surface area contributed by atoms with Gasteiger partial charge < -0.3 is 5.11 Å². The smallest absolute Gasteiger partial charge is 0.321 e. The molecule has 22 heavy (non-hydrogen) atoms. The van der Waals surface area contributed by atoms with Crippen LogP contribution in [0.5, 0.6) is 0 Å². The molecule has 6 nitrogen and oxygen atoms in total. The summed E-state index contributed by atoms with van der Waals surface area (Å²) in [5, 5.41) is 11.8. The molecular formula is C13H16N2O4S3. The van der Waals surface area contributed by atoms with E-state index in [1.165, 1.54) is 17.4 Å². The SMILES string of the molecule is CCCC(NS(=O)(=O)c1ccc(-c2csc(C)n2)s1)C(=O)O. The van der Waals surface area contributed by atoms with Gasteiger partial charge in [-0.05, 0) is 25.5 Å². The number of aliphatic carboxylic acids is 1. The first-order chi connectivity index (χ1) is 10.3. The Morgan fingerprint density at radius 2 is 2.18 bits per heavy atom. The van der Waals surface area contributed by atoms with Gasteiger partial charge in [-0.2, -0.15) is 4.72 Å². The van der Waals surface area contributed by atoms with Crippen LogP contribution in [0.4, 0.5) is 0 Å². The molecule has 0 saturated carbocycles. The second-order valence-corrected chi connectivity index (χ2v) is 8.76. The number of hydrogen-bond acceptors (Lipinski definition) is 6. The molecule has 2 aromatic rings. The van der Waals surface area contributed by atoms with Crippen LogP contribution in [0.3, 0.4) is 0 Å². The molecule has 1 unspecified atom stereocenters. The molecular weight excluding hydrogens is 344 g/mol. The van der Waals surface area contributed by atoms with Crippen molar-refractivity contribution < 1.29 is 18.3 Å². The summed E-state index contributed by atoms with van der Waals surface area (Å²) in [6.07, 6.45) is 0.825. The van der Waals surface area contributed by atoms with Gasteiger partial charge in [0.25, 0.3) is 10.0 Å². The Morgan fingerprint density at radius 1 is 1.45 bits per heavy atom. The molecule has 9 heteroatoms. The van der Waals surface area contributed by atoms with E-state index in [-0.39, 0.29) is 10.6 Å². The van der Waals surface area contributed by atoms with Crippen LogP contribution < -0.4 is 4.72 Å². The molecule has 2 heterocycles. The number of carbonyl (C=O) groups is 1. The average molecular weight is 360 g/mol. The van der Waals surface area contributed by atoms with Crippen molar-refractivity contribution in [2.45, 2.75) is 36.9 Å². The van der Waals surface area contributed by atoms with E-state index in [9.17, 15) is 13.2 Å². The lowest BCUT2D eigenvalue weighted by molar-refractivity contribution is -0.139. The van der Waals surface area contributed by atoms with Crippen LogP contribution in [-0.2, 0) is 14.8 Å². The normalized spacial score (nSPS) is 13.2. The number of carboxylic acid groups (broad SMARTS) is 1. The van der Waals surface area contributed by atoms with Gasteiger partial charge in [0.2, 0.25) is 0 Å². The number of rotatable bonds is 7. The minimum Gasteiger partial charge on any atom is -0.480 e. The van der Waals surface area contributed by atoms with E-state index < -0.39 is 22.0 Å². The predicted molar refractivity (Wildman–Crippen MR) is 86.8 cm³/mol. The highest BCUT2D eigenvalue weighted by molar-refractivity contribution is 7.91. The molecule has 0 aliphatic rings. The first-order valence-electron chi connectivity index (χ1n) is 6.61. The number of thiophene rings is 1. The molecule has 0 fully saturated rings. The molecule has 0 saturated heterocycles. The number of nitrogens with one attached hydrogen (secondary N) is 1. The van der Waals surface area contributed by atoms with E-state index in [0.29, 0.717) is 6.42 Å². The predicted octanol–water partition coefficient (Wildman–Crippen LogP) is 2.71. The Kier molecular flexibility index (Phi) is 5.32.